The van der Waals surface area contributed by atoms with Crippen molar-refractivity contribution >= 4 is 28.8 Å². The first-order valence-electron chi connectivity index (χ1n) is 8.08. The molecule has 1 saturated heterocycles. The summed E-state index contributed by atoms with van der Waals surface area (Å²) < 4.78 is 0. The van der Waals surface area contributed by atoms with E-state index < -0.39 is 6.04 Å². The summed E-state index contributed by atoms with van der Waals surface area (Å²) in [6, 6.07) is 13.3. The number of thiophene rings is 1. The smallest absolute Gasteiger partial charge is 0.261 e. The maximum absolute atomic E-state index is 12.5. The normalized spacial score (nSPS) is 15.9. The Morgan fingerprint density at radius 3 is 2.38 bits per heavy atom. The summed E-state index contributed by atoms with van der Waals surface area (Å²) >= 11 is 1.37. The molecule has 2 heterocycles. The molecule has 2 amide bonds. The third kappa shape index (κ3) is 3.76. The predicted molar refractivity (Wildman–Crippen MR) is 96.5 cm³/mol. The summed E-state index contributed by atoms with van der Waals surface area (Å²) in [6.07, 6.45) is 0. The van der Waals surface area contributed by atoms with Crippen LogP contribution in [0.25, 0.3) is 0 Å². The highest BCUT2D eigenvalue weighted by Crippen LogP contribution is 2.16. The Morgan fingerprint density at radius 1 is 1.04 bits per heavy atom. The number of amides is 2. The molecule has 1 aromatic heterocycles. The van der Waals surface area contributed by atoms with Crippen molar-refractivity contribution in [3.05, 3.63) is 52.7 Å². The number of benzene rings is 1. The summed E-state index contributed by atoms with van der Waals surface area (Å²) in [5, 5.41) is 4.64. The number of carbonyl (C=O) groups is 2. The van der Waals surface area contributed by atoms with Crippen LogP contribution in [0.3, 0.4) is 0 Å². The maximum atomic E-state index is 12.5. The highest BCUT2D eigenvalue weighted by molar-refractivity contribution is 7.12. The van der Waals surface area contributed by atoms with Crippen molar-refractivity contribution in [1.82, 2.24) is 10.2 Å². The Hall–Kier alpha value is -2.34. The Labute approximate surface area is 145 Å². The zero-order valence-corrected chi connectivity index (χ0v) is 14.5. The minimum Gasteiger partial charge on any atom is -0.368 e. The van der Waals surface area contributed by atoms with Crippen LogP contribution in [-0.4, -0.2) is 48.9 Å². The molecule has 5 nitrogen and oxygen atoms in total. The largest absolute Gasteiger partial charge is 0.368 e. The molecule has 3 rings (SSSR count). The van der Waals surface area contributed by atoms with E-state index in [2.05, 4.69) is 22.3 Å². The van der Waals surface area contributed by atoms with Crippen LogP contribution in [0.4, 0.5) is 5.69 Å². The minimum absolute atomic E-state index is 0.0207. The van der Waals surface area contributed by atoms with Gasteiger partial charge in [-0.3, -0.25) is 9.59 Å². The van der Waals surface area contributed by atoms with Gasteiger partial charge < -0.3 is 15.1 Å². The van der Waals surface area contributed by atoms with Gasteiger partial charge in [0.2, 0.25) is 5.91 Å². The fourth-order valence-electron chi connectivity index (χ4n) is 2.83. The highest BCUT2D eigenvalue weighted by atomic mass is 32.1. The zero-order valence-electron chi connectivity index (χ0n) is 13.6. The summed E-state index contributed by atoms with van der Waals surface area (Å²) in [4.78, 5) is 29.3. The second kappa shape index (κ2) is 7.49. The molecule has 1 aromatic carbocycles. The fourth-order valence-corrected chi connectivity index (χ4v) is 3.46. The quantitative estimate of drug-likeness (QED) is 0.926. The molecule has 1 N–H and O–H groups in total. The van der Waals surface area contributed by atoms with Crippen molar-refractivity contribution in [3.63, 3.8) is 0 Å². The van der Waals surface area contributed by atoms with E-state index in [0.717, 1.165) is 13.1 Å². The molecule has 0 unspecified atom stereocenters. The average molecular weight is 343 g/mol. The lowest BCUT2D eigenvalue weighted by Crippen LogP contribution is -2.54. The summed E-state index contributed by atoms with van der Waals surface area (Å²) in [5.74, 6) is -0.207. The van der Waals surface area contributed by atoms with Crippen molar-refractivity contribution in [2.75, 3.05) is 31.1 Å². The number of para-hydroxylation sites is 1. The topological polar surface area (TPSA) is 52.7 Å². The van der Waals surface area contributed by atoms with Gasteiger partial charge in [0.05, 0.1) is 4.88 Å². The lowest BCUT2D eigenvalue weighted by atomic mass is 10.2. The second-order valence-electron chi connectivity index (χ2n) is 5.82. The first-order chi connectivity index (χ1) is 11.6. The van der Waals surface area contributed by atoms with Crippen molar-refractivity contribution in [3.8, 4) is 0 Å². The lowest BCUT2D eigenvalue weighted by molar-refractivity contribution is -0.133. The highest BCUT2D eigenvalue weighted by Gasteiger charge is 2.26. The van der Waals surface area contributed by atoms with Gasteiger partial charge in [0.15, 0.2) is 0 Å². The lowest BCUT2D eigenvalue weighted by Gasteiger charge is -2.37. The number of rotatable bonds is 4. The number of carbonyl (C=O) groups excluding carboxylic acids is 2. The number of nitrogens with one attached hydrogen (secondary N) is 1. The van der Waals surface area contributed by atoms with Gasteiger partial charge in [-0.05, 0) is 30.5 Å². The third-order valence-corrected chi connectivity index (χ3v) is 5.04. The van der Waals surface area contributed by atoms with E-state index in [0.29, 0.717) is 18.0 Å². The molecule has 1 aliphatic rings. The molecule has 0 bridgehead atoms. The molecular weight excluding hydrogens is 322 g/mol. The van der Waals surface area contributed by atoms with E-state index in [1.54, 1.807) is 13.0 Å². The molecule has 126 valence electrons. The Bertz CT molecular complexity index is 680. The zero-order chi connectivity index (χ0) is 16.9. The van der Waals surface area contributed by atoms with Gasteiger partial charge in [-0.1, -0.05) is 24.3 Å². The van der Waals surface area contributed by atoms with E-state index in [4.69, 9.17) is 0 Å². The SMILES string of the molecule is C[C@H](NC(=O)c1cccs1)C(=O)N1CCN(c2ccccc2)CC1. The molecule has 0 radical (unpaired) electrons. The van der Waals surface area contributed by atoms with Gasteiger partial charge in [0.25, 0.3) is 5.91 Å². The third-order valence-electron chi connectivity index (χ3n) is 4.18. The summed E-state index contributed by atoms with van der Waals surface area (Å²) in [5.41, 5.74) is 1.18. The van der Waals surface area contributed by atoms with Crippen LogP contribution in [0, 0.1) is 0 Å². The summed E-state index contributed by atoms with van der Waals surface area (Å²) in [6.45, 7) is 4.71. The number of piperazine rings is 1. The van der Waals surface area contributed by atoms with Crippen molar-refractivity contribution in [1.29, 1.82) is 0 Å². The standard InChI is InChI=1S/C18H21N3O2S/c1-14(19-17(22)16-8-5-13-24-16)18(23)21-11-9-20(10-12-21)15-6-3-2-4-7-15/h2-8,13-14H,9-12H2,1H3,(H,19,22)/t14-/m0/s1. The van der Waals surface area contributed by atoms with E-state index in [1.165, 1.54) is 17.0 Å². The molecule has 2 aromatic rings. The van der Waals surface area contributed by atoms with E-state index >= 15 is 0 Å². The predicted octanol–water partition coefficient (Wildman–Crippen LogP) is 2.22. The van der Waals surface area contributed by atoms with Gasteiger partial charge in [0.1, 0.15) is 6.04 Å². The van der Waals surface area contributed by atoms with Crippen LogP contribution in [0.15, 0.2) is 47.8 Å². The Balaban J connectivity index is 1.52. The van der Waals surface area contributed by atoms with Crippen LogP contribution >= 0.6 is 11.3 Å². The van der Waals surface area contributed by atoms with Crippen molar-refractivity contribution < 1.29 is 9.59 Å². The Morgan fingerprint density at radius 2 is 1.75 bits per heavy atom. The second-order valence-corrected chi connectivity index (χ2v) is 6.77. The van der Waals surface area contributed by atoms with Crippen LogP contribution in [-0.2, 0) is 4.79 Å². The molecule has 1 aliphatic heterocycles. The van der Waals surface area contributed by atoms with E-state index in [9.17, 15) is 9.59 Å². The molecule has 0 aliphatic carbocycles. The average Bonchev–Trinajstić information content (AvgIpc) is 3.17. The monoisotopic (exact) mass is 343 g/mol. The molecule has 1 atom stereocenters. The van der Waals surface area contributed by atoms with Gasteiger partial charge in [-0.25, -0.2) is 0 Å². The van der Waals surface area contributed by atoms with E-state index in [-0.39, 0.29) is 11.8 Å². The number of hydrogen-bond donors (Lipinski definition) is 1. The number of anilines is 1. The minimum atomic E-state index is -0.511. The van der Waals surface area contributed by atoms with E-state index in [1.807, 2.05) is 34.5 Å². The van der Waals surface area contributed by atoms with Crippen LogP contribution in [0.1, 0.15) is 16.6 Å². The number of nitrogens with zero attached hydrogens (tertiary/aromatic N) is 2. The molecule has 1 fully saturated rings. The molecule has 0 spiro atoms. The molecule has 0 saturated carbocycles. The number of hydrogen-bond acceptors (Lipinski definition) is 4. The van der Waals surface area contributed by atoms with Gasteiger partial charge in [0, 0.05) is 31.9 Å². The first-order valence-corrected chi connectivity index (χ1v) is 8.96. The van der Waals surface area contributed by atoms with Crippen LogP contribution in [0.2, 0.25) is 0 Å². The molecular formula is C18H21N3O2S. The van der Waals surface area contributed by atoms with Crippen LogP contribution in [0.5, 0.6) is 0 Å². The van der Waals surface area contributed by atoms with Crippen LogP contribution < -0.4 is 10.2 Å². The maximum Gasteiger partial charge on any atom is 0.261 e. The van der Waals surface area contributed by atoms with Gasteiger partial charge in [-0.2, -0.15) is 0 Å². The van der Waals surface area contributed by atoms with Gasteiger partial charge in [-0.15, -0.1) is 11.3 Å². The molecule has 24 heavy (non-hydrogen) atoms. The fraction of sp³-hybridized carbons (Fsp3) is 0.333. The van der Waals surface area contributed by atoms with Crippen molar-refractivity contribution in [2.45, 2.75) is 13.0 Å². The Kier molecular flexibility index (Phi) is 5.15. The molecule has 6 heteroatoms. The van der Waals surface area contributed by atoms with Crippen molar-refractivity contribution in [2.24, 2.45) is 0 Å². The summed E-state index contributed by atoms with van der Waals surface area (Å²) in [7, 11) is 0. The van der Waals surface area contributed by atoms with Gasteiger partial charge >= 0.3 is 0 Å². The first kappa shape index (κ1) is 16.5.